The lowest BCUT2D eigenvalue weighted by Crippen LogP contribution is -2.27. The Morgan fingerprint density at radius 1 is 0.679 bits per heavy atom. The van der Waals surface area contributed by atoms with Crippen LogP contribution in [-0.2, 0) is 38.0 Å². The number of esters is 2. The molecule has 0 fully saturated rings. The third-order valence-corrected chi connectivity index (χ3v) is 3.23. The highest BCUT2D eigenvalue weighted by molar-refractivity contribution is 5.71. The van der Waals surface area contributed by atoms with Crippen molar-refractivity contribution >= 4 is 11.9 Å². The van der Waals surface area contributed by atoms with E-state index in [1.807, 2.05) is 20.8 Å². The van der Waals surface area contributed by atoms with Crippen molar-refractivity contribution in [2.75, 3.05) is 59.5 Å². The van der Waals surface area contributed by atoms with Crippen molar-refractivity contribution in [2.24, 2.45) is 0 Å². The third kappa shape index (κ3) is 21.1. The Morgan fingerprint density at radius 2 is 1.18 bits per heavy atom. The number of rotatable bonds is 18. The number of carbonyl (C=O) groups is 2. The molecule has 0 saturated carbocycles. The SMILES string of the molecule is CCCCCC(=O)OCCOCCOCCOCCOCC(=O)OC(C)(C)C. The lowest BCUT2D eigenvalue weighted by Gasteiger charge is -2.19. The molecule has 0 saturated heterocycles. The summed E-state index contributed by atoms with van der Waals surface area (Å²) in [5, 5.41) is 0. The van der Waals surface area contributed by atoms with E-state index in [9.17, 15) is 9.59 Å². The molecule has 0 aliphatic carbocycles. The Bertz CT molecular complexity index is 392. The van der Waals surface area contributed by atoms with Crippen LogP contribution < -0.4 is 0 Å². The minimum atomic E-state index is -0.503. The Hall–Kier alpha value is -1.22. The second kappa shape index (κ2) is 17.8. The minimum Gasteiger partial charge on any atom is -0.463 e. The highest BCUT2D eigenvalue weighted by Gasteiger charge is 2.15. The standard InChI is InChI=1S/C20H38O8/c1-5-6-7-8-18(21)27-16-15-25-12-11-23-9-10-24-13-14-26-17-19(22)28-20(2,3)4/h5-17H2,1-4H3. The van der Waals surface area contributed by atoms with Crippen LogP contribution in [0.25, 0.3) is 0 Å². The van der Waals surface area contributed by atoms with Gasteiger partial charge in [-0.2, -0.15) is 0 Å². The monoisotopic (exact) mass is 406 g/mol. The van der Waals surface area contributed by atoms with Crippen LogP contribution in [0.3, 0.4) is 0 Å². The normalized spacial score (nSPS) is 11.4. The molecule has 0 bridgehead atoms. The van der Waals surface area contributed by atoms with Gasteiger partial charge in [0.25, 0.3) is 0 Å². The first kappa shape index (κ1) is 26.8. The van der Waals surface area contributed by atoms with E-state index >= 15 is 0 Å². The van der Waals surface area contributed by atoms with Gasteiger partial charge < -0.3 is 28.4 Å². The quantitative estimate of drug-likeness (QED) is 0.253. The average molecular weight is 407 g/mol. The summed E-state index contributed by atoms with van der Waals surface area (Å²) in [6, 6.07) is 0. The fraction of sp³-hybridized carbons (Fsp3) is 0.900. The van der Waals surface area contributed by atoms with E-state index in [1.165, 1.54) is 0 Å². The average Bonchev–Trinajstić information content (AvgIpc) is 2.60. The van der Waals surface area contributed by atoms with Gasteiger partial charge in [0.1, 0.15) is 18.8 Å². The fourth-order valence-corrected chi connectivity index (χ4v) is 1.99. The molecule has 0 rings (SSSR count). The summed E-state index contributed by atoms with van der Waals surface area (Å²) >= 11 is 0. The van der Waals surface area contributed by atoms with Crippen LogP contribution in [0.15, 0.2) is 0 Å². The molecule has 8 heteroatoms. The van der Waals surface area contributed by atoms with Gasteiger partial charge in [-0.15, -0.1) is 0 Å². The van der Waals surface area contributed by atoms with E-state index in [0.29, 0.717) is 52.7 Å². The van der Waals surface area contributed by atoms with Gasteiger partial charge in [-0.05, 0) is 27.2 Å². The van der Waals surface area contributed by atoms with E-state index in [0.717, 1.165) is 19.3 Å². The topological polar surface area (TPSA) is 89.5 Å². The third-order valence-electron chi connectivity index (χ3n) is 3.23. The van der Waals surface area contributed by atoms with E-state index < -0.39 is 5.60 Å². The number of ether oxygens (including phenoxy) is 6. The first-order valence-corrected chi connectivity index (χ1v) is 10.0. The van der Waals surface area contributed by atoms with Crippen LogP contribution in [0.2, 0.25) is 0 Å². The molecule has 0 unspecified atom stereocenters. The lowest BCUT2D eigenvalue weighted by atomic mass is 10.2. The smallest absolute Gasteiger partial charge is 0.332 e. The fourth-order valence-electron chi connectivity index (χ4n) is 1.99. The summed E-state index contributed by atoms with van der Waals surface area (Å²) in [6.07, 6.45) is 3.49. The molecule has 0 aromatic rings. The molecule has 0 N–H and O–H groups in total. The maximum atomic E-state index is 11.4. The van der Waals surface area contributed by atoms with Gasteiger partial charge in [-0.3, -0.25) is 4.79 Å². The maximum Gasteiger partial charge on any atom is 0.332 e. The summed E-state index contributed by atoms with van der Waals surface area (Å²) in [4.78, 5) is 22.8. The number of hydrogen-bond donors (Lipinski definition) is 0. The zero-order valence-electron chi connectivity index (χ0n) is 18.0. The highest BCUT2D eigenvalue weighted by Crippen LogP contribution is 2.06. The molecule has 0 aromatic heterocycles. The van der Waals surface area contributed by atoms with E-state index in [1.54, 1.807) is 0 Å². The summed E-state index contributed by atoms with van der Waals surface area (Å²) in [7, 11) is 0. The molecule has 0 heterocycles. The van der Waals surface area contributed by atoms with Gasteiger partial charge in [0.2, 0.25) is 0 Å². The molecule has 0 amide bonds. The van der Waals surface area contributed by atoms with Crippen molar-refractivity contribution in [1.29, 1.82) is 0 Å². The lowest BCUT2D eigenvalue weighted by molar-refractivity contribution is -0.160. The van der Waals surface area contributed by atoms with Crippen LogP contribution in [0.5, 0.6) is 0 Å². The molecule has 0 aliphatic rings. The number of carbonyl (C=O) groups excluding carboxylic acids is 2. The minimum absolute atomic E-state index is 0.0808. The van der Waals surface area contributed by atoms with Gasteiger partial charge in [-0.1, -0.05) is 19.8 Å². The van der Waals surface area contributed by atoms with Crippen molar-refractivity contribution < 1.29 is 38.0 Å². The molecule has 28 heavy (non-hydrogen) atoms. The van der Waals surface area contributed by atoms with E-state index in [-0.39, 0.29) is 25.2 Å². The molecule has 8 nitrogen and oxygen atoms in total. The Morgan fingerprint density at radius 3 is 1.68 bits per heavy atom. The van der Waals surface area contributed by atoms with Gasteiger partial charge >= 0.3 is 11.9 Å². The van der Waals surface area contributed by atoms with Gasteiger partial charge in [0.05, 0.1) is 46.2 Å². The van der Waals surface area contributed by atoms with Crippen LogP contribution in [-0.4, -0.2) is 77.0 Å². The van der Waals surface area contributed by atoms with Gasteiger partial charge in [-0.25, -0.2) is 4.79 Å². The van der Waals surface area contributed by atoms with Gasteiger partial charge in [0, 0.05) is 6.42 Å². The van der Waals surface area contributed by atoms with Crippen LogP contribution in [0.4, 0.5) is 0 Å². The summed E-state index contributed by atoms with van der Waals surface area (Å²) in [6.45, 7) is 10.6. The number of hydrogen-bond acceptors (Lipinski definition) is 8. The van der Waals surface area contributed by atoms with Crippen molar-refractivity contribution in [2.45, 2.75) is 59.0 Å². The maximum absolute atomic E-state index is 11.4. The highest BCUT2D eigenvalue weighted by atomic mass is 16.6. The second-order valence-corrected chi connectivity index (χ2v) is 7.15. The molecule has 0 spiro atoms. The van der Waals surface area contributed by atoms with E-state index in [4.69, 9.17) is 28.4 Å². The first-order chi connectivity index (χ1) is 13.3. The Balaban J connectivity index is 3.22. The zero-order valence-corrected chi connectivity index (χ0v) is 18.0. The largest absolute Gasteiger partial charge is 0.463 e. The Kier molecular flexibility index (Phi) is 17.1. The molecular formula is C20H38O8. The second-order valence-electron chi connectivity index (χ2n) is 7.15. The predicted molar refractivity (Wildman–Crippen MR) is 104 cm³/mol. The first-order valence-electron chi connectivity index (χ1n) is 10.0. The molecule has 0 aliphatic heterocycles. The van der Waals surface area contributed by atoms with Crippen LogP contribution in [0, 0.1) is 0 Å². The molecule has 166 valence electrons. The summed E-state index contributed by atoms with van der Waals surface area (Å²) in [5.41, 5.74) is -0.503. The van der Waals surface area contributed by atoms with Crippen LogP contribution in [0.1, 0.15) is 53.4 Å². The van der Waals surface area contributed by atoms with E-state index in [2.05, 4.69) is 6.92 Å². The zero-order chi connectivity index (χ0) is 21.1. The van der Waals surface area contributed by atoms with Gasteiger partial charge in [0.15, 0.2) is 0 Å². The summed E-state index contributed by atoms with van der Waals surface area (Å²) in [5.74, 6) is -0.553. The Labute approximate surface area is 169 Å². The number of unbranched alkanes of at least 4 members (excludes halogenated alkanes) is 2. The van der Waals surface area contributed by atoms with Crippen molar-refractivity contribution in [3.8, 4) is 0 Å². The molecule has 0 atom stereocenters. The molecular weight excluding hydrogens is 368 g/mol. The van der Waals surface area contributed by atoms with Crippen molar-refractivity contribution in [1.82, 2.24) is 0 Å². The molecule has 0 aromatic carbocycles. The van der Waals surface area contributed by atoms with Crippen molar-refractivity contribution in [3.63, 3.8) is 0 Å². The summed E-state index contributed by atoms with van der Waals surface area (Å²) < 4.78 is 31.3. The van der Waals surface area contributed by atoms with Crippen molar-refractivity contribution in [3.05, 3.63) is 0 Å². The molecule has 0 radical (unpaired) electrons. The predicted octanol–water partition coefficient (Wildman–Crippen LogP) is 2.52. The van der Waals surface area contributed by atoms with Crippen LogP contribution >= 0.6 is 0 Å².